The van der Waals surface area contributed by atoms with Crippen molar-refractivity contribution in [1.82, 2.24) is 20.6 Å². The number of rotatable bonds is 10. The van der Waals surface area contributed by atoms with Crippen molar-refractivity contribution < 1.29 is 4.74 Å². The van der Waals surface area contributed by atoms with Crippen molar-refractivity contribution in [3.63, 3.8) is 0 Å². The van der Waals surface area contributed by atoms with Crippen molar-refractivity contribution in [2.24, 2.45) is 4.99 Å². The molecule has 2 rings (SSSR count). The average molecular weight is 341 g/mol. The maximum absolute atomic E-state index is 5.46. The van der Waals surface area contributed by atoms with E-state index in [0.717, 1.165) is 49.0 Å². The Bertz CT molecular complexity index is 674. The van der Waals surface area contributed by atoms with Gasteiger partial charge < -0.3 is 10.1 Å². The molecule has 0 amide bonds. The number of aliphatic imine (C=N–C) groups is 1. The van der Waals surface area contributed by atoms with Crippen LogP contribution in [-0.4, -0.2) is 49.5 Å². The lowest BCUT2D eigenvalue weighted by molar-refractivity contribution is 0.0707. The molecule has 2 N–H and O–H groups in total. The predicted molar refractivity (Wildman–Crippen MR) is 101 cm³/mol. The molecule has 6 heteroatoms. The molecule has 0 saturated heterocycles. The molecule has 0 radical (unpaired) electrons. The summed E-state index contributed by atoms with van der Waals surface area (Å²) in [6.07, 6.45) is 1.63. The normalized spacial score (nSPS) is 12.6. The van der Waals surface area contributed by atoms with Crippen LogP contribution in [0.2, 0.25) is 0 Å². The van der Waals surface area contributed by atoms with E-state index in [1.165, 1.54) is 0 Å². The smallest absolute Gasteiger partial charge is 0.150 e. The first-order valence-electron chi connectivity index (χ1n) is 8.53. The summed E-state index contributed by atoms with van der Waals surface area (Å²) in [6, 6.07) is 11.9. The van der Waals surface area contributed by atoms with E-state index in [9.17, 15) is 0 Å². The van der Waals surface area contributed by atoms with Gasteiger partial charge in [-0.1, -0.05) is 12.1 Å². The molecule has 2 heterocycles. The molecule has 25 heavy (non-hydrogen) atoms. The SMILES string of the molecule is CO[C@H](NCCNCCN=Cc1cccc(C)n1)c1cccc(C)n1. The van der Waals surface area contributed by atoms with E-state index in [1.807, 2.05) is 56.5 Å². The summed E-state index contributed by atoms with van der Waals surface area (Å²) in [6.45, 7) is 7.13. The lowest BCUT2D eigenvalue weighted by Crippen LogP contribution is -2.32. The molecule has 0 unspecified atom stereocenters. The number of nitrogens with one attached hydrogen (secondary N) is 2. The van der Waals surface area contributed by atoms with E-state index < -0.39 is 0 Å². The van der Waals surface area contributed by atoms with Crippen LogP contribution in [0.15, 0.2) is 41.4 Å². The van der Waals surface area contributed by atoms with E-state index in [0.29, 0.717) is 0 Å². The van der Waals surface area contributed by atoms with Gasteiger partial charge in [0.15, 0.2) is 6.23 Å². The minimum Gasteiger partial charge on any atom is -0.361 e. The zero-order valence-corrected chi connectivity index (χ0v) is 15.2. The molecule has 1 atom stereocenters. The lowest BCUT2D eigenvalue weighted by Gasteiger charge is -2.17. The van der Waals surface area contributed by atoms with Crippen LogP contribution in [0.25, 0.3) is 0 Å². The van der Waals surface area contributed by atoms with E-state index in [2.05, 4.69) is 25.6 Å². The molecule has 2 aromatic heterocycles. The van der Waals surface area contributed by atoms with E-state index in [-0.39, 0.29) is 6.23 Å². The van der Waals surface area contributed by atoms with Gasteiger partial charge in [0.05, 0.1) is 17.9 Å². The number of pyridine rings is 2. The molecule has 2 aromatic rings. The first kappa shape index (κ1) is 19.2. The number of ether oxygens (including phenoxy) is 1. The highest BCUT2D eigenvalue weighted by Gasteiger charge is 2.10. The van der Waals surface area contributed by atoms with Crippen LogP contribution in [-0.2, 0) is 4.74 Å². The topological polar surface area (TPSA) is 71.4 Å². The van der Waals surface area contributed by atoms with Gasteiger partial charge in [0.2, 0.25) is 0 Å². The molecule has 0 aliphatic rings. The monoisotopic (exact) mass is 341 g/mol. The van der Waals surface area contributed by atoms with E-state index in [4.69, 9.17) is 4.74 Å². The summed E-state index contributed by atoms with van der Waals surface area (Å²) in [5, 5.41) is 6.69. The third-order valence-electron chi connectivity index (χ3n) is 3.60. The Labute approximate surface area is 149 Å². The molecule has 0 aliphatic carbocycles. The molecule has 0 aromatic carbocycles. The molecule has 0 saturated carbocycles. The molecule has 0 aliphatic heterocycles. The van der Waals surface area contributed by atoms with Crippen LogP contribution in [0.3, 0.4) is 0 Å². The minimum atomic E-state index is -0.188. The Hall–Kier alpha value is -2.15. The fourth-order valence-electron chi connectivity index (χ4n) is 2.37. The molecule has 0 bridgehead atoms. The molecule has 0 spiro atoms. The first-order valence-corrected chi connectivity index (χ1v) is 8.53. The zero-order valence-electron chi connectivity index (χ0n) is 15.2. The molecule has 0 fully saturated rings. The van der Waals surface area contributed by atoms with Crippen molar-refractivity contribution in [3.05, 3.63) is 59.2 Å². The number of nitrogens with zero attached hydrogens (tertiary/aromatic N) is 3. The van der Waals surface area contributed by atoms with Crippen molar-refractivity contribution >= 4 is 6.21 Å². The maximum atomic E-state index is 5.46. The van der Waals surface area contributed by atoms with Crippen LogP contribution >= 0.6 is 0 Å². The second kappa shape index (κ2) is 10.7. The highest BCUT2D eigenvalue weighted by atomic mass is 16.5. The van der Waals surface area contributed by atoms with Crippen LogP contribution in [0.5, 0.6) is 0 Å². The fraction of sp³-hybridized carbons (Fsp3) is 0.421. The van der Waals surface area contributed by atoms with Gasteiger partial charge in [0.1, 0.15) is 0 Å². The van der Waals surface area contributed by atoms with Crippen molar-refractivity contribution in [2.75, 3.05) is 33.3 Å². The highest BCUT2D eigenvalue weighted by molar-refractivity contribution is 5.76. The van der Waals surface area contributed by atoms with Gasteiger partial charge in [-0.15, -0.1) is 0 Å². The quantitative estimate of drug-likeness (QED) is 0.393. The van der Waals surface area contributed by atoms with Gasteiger partial charge >= 0.3 is 0 Å². The number of methoxy groups -OCH3 is 1. The fourth-order valence-corrected chi connectivity index (χ4v) is 2.37. The molecule has 6 nitrogen and oxygen atoms in total. The number of aryl methyl sites for hydroxylation is 2. The van der Waals surface area contributed by atoms with Gasteiger partial charge in [0.25, 0.3) is 0 Å². The molecular formula is C19H27N5O. The van der Waals surface area contributed by atoms with Crippen LogP contribution < -0.4 is 10.6 Å². The Morgan fingerprint density at radius 3 is 2.52 bits per heavy atom. The summed E-state index contributed by atoms with van der Waals surface area (Å²) in [7, 11) is 1.68. The summed E-state index contributed by atoms with van der Waals surface area (Å²) in [5.74, 6) is 0. The summed E-state index contributed by atoms with van der Waals surface area (Å²) >= 11 is 0. The predicted octanol–water partition coefficient (Wildman–Crippen LogP) is 2.04. The van der Waals surface area contributed by atoms with Gasteiger partial charge in [0, 0.05) is 44.3 Å². The van der Waals surface area contributed by atoms with Gasteiger partial charge in [-0.2, -0.15) is 0 Å². The second-order valence-electron chi connectivity index (χ2n) is 5.76. The largest absolute Gasteiger partial charge is 0.361 e. The van der Waals surface area contributed by atoms with E-state index >= 15 is 0 Å². The number of aromatic nitrogens is 2. The Morgan fingerprint density at radius 2 is 1.80 bits per heavy atom. The van der Waals surface area contributed by atoms with Crippen molar-refractivity contribution in [2.45, 2.75) is 20.1 Å². The first-order chi connectivity index (χ1) is 12.2. The summed E-state index contributed by atoms with van der Waals surface area (Å²) < 4.78 is 5.46. The van der Waals surface area contributed by atoms with Gasteiger partial charge in [-0.3, -0.25) is 20.3 Å². The van der Waals surface area contributed by atoms with Gasteiger partial charge in [-0.05, 0) is 38.1 Å². The third kappa shape index (κ3) is 7.09. The minimum absolute atomic E-state index is 0.188. The third-order valence-corrected chi connectivity index (χ3v) is 3.60. The Morgan fingerprint density at radius 1 is 1.04 bits per heavy atom. The van der Waals surface area contributed by atoms with Gasteiger partial charge in [-0.25, -0.2) is 0 Å². The number of hydrogen-bond acceptors (Lipinski definition) is 6. The van der Waals surface area contributed by atoms with Crippen LogP contribution in [0.4, 0.5) is 0 Å². The summed E-state index contributed by atoms with van der Waals surface area (Å²) in [4.78, 5) is 13.3. The Kier molecular flexibility index (Phi) is 8.18. The molecule has 134 valence electrons. The van der Waals surface area contributed by atoms with Crippen LogP contribution in [0, 0.1) is 13.8 Å². The maximum Gasteiger partial charge on any atom is 0.150 e. The van der Waals surface area contributed by atoms with E-state index in [1.54, 1.807) is 7.11 Å². The summed E-state index contributed by atoms with van der Waals surface area (Å²) in [5.41, 5.74) is 3.79. The second-order valence-corrected chi connectivity index (χ2v) is 5.76. The van der Waals surface area contributed by atoms with Crippen LogP contribution in [0.1, 0.15) is 29.0 Å². The zero-order chi connectivity index (χ0) is 17.9. The standard InChI is InChI=1S/C19H27N5O/c1-15-6-4-8-17(23-15)14-21-11-10-20-12-13-22-19(25-3)18-9-5-7-16(2)24-18/h4-9,14,19-20,22H,10-13H2,1-3H3/t19-/m0/s1. The van der Waals surface area contributed by atoms with Crippen molar-refractivity contribution in [1.29, 1.82) is 0 Å². The van der Waals surface area contributed by atoms with Crippen molar-refractivity contribution in [3.8, 4) is 0 Å². The lowest BCUT2D eigenvalue weighted by atomic mass is 10.3. The number of hydrogen-bond donors (Lipinski definition) is 2. The average Bonchev–Trinajstić information content (AvgIpc) is 2.60. The molecular weight excluding hydrogens is 314 g/mol. The Balaban J connectivity index is 1.61. The highest BCUT2D eigenvalue weighted by Crippen LogP contribution is 2.10.